The second-order valence-electron chi connectivity index (χ2n) is 3.95. The van der Waals surface area contributed by atoms with E-state index in [1.165, 1.54) is 11.8 Å². The van der Waals surface area contributed by atoms with Gasteiger partial charge < -0.3 is 14.8 Å². The van der Waals surface area contributed by atoms with Crippen LogP contribution in [0.25, 0.3) is 0 Å². The zero-order valence-corrected chi connectivity index (χ0v) is 12.7. The van der Waals surface area contributed by atoms with Gasteiger partial charge in [-0.1, -0.05) is 0 Å². The van der Waals surface area contributed by atoms with Crippen molar-refractivity contribution in [2.24, 2.45) is 0 Å². The molecule has 0 saturated heterocycles. The normalized spacial score (nSPS) is 10.2. The number of nitrogens with one attached hydrogen (secondary N) is 1. The molecule has 1 heterocycles. The molecule has 2 aromatic rings. The predicted molar refractivity (Wildman–Crippen MR) is 78.1 cm³/mol. The first-order valence-corrected chi connectivity index (χ1v) is 6.62. The highest BCUT2D eigenvalue weighted by Gasteiger charge is 2.10. The maximum Gasteiger partial charge on any atom is 0.246 e. The van der Waals surface area contributed by atoms with Crippen molar-refractivity contribution >= 4 is 27.5 Å². The fourth-order valence-electron chi connectivity index (χ4n) is 1.66. The lowest BCUT2D eigenvalue weighted by Gasteiger charge is -2.11. The predicted octanol–water partition coefficient (Wildman–Crippen LogP) is 2.30. The van der Waals surface area contributed by atoms with Crippen LogP contribution in [0.2, 0.25) is 0 Å². The van der Waals surface area contributed by atoms with Crippen LogP contribution in [-0.2, 0) is 11.3 Å². The standard InChI is InChI=1S/C13H14BrN3O3/c1-19-9-3-4-10(11(7-9)20-2)15-13(18)8-17-6-5-12(14)16-17/h3-7H,8H2,1-2H3,(H,15,18). The Morgan fingerprint density at radius 1 is 1.35 bits per heavy atom. The quantitative estimate of drug-likeness (QED) is 0.907. The molecule has 2 rings (SSSR count). The van der Waals surface area contributed by atoms with Gasteiger partial charge in [0.05, 0.1) is 19.9 Å². The molecule has 1 aromatic heterocycles. The summed E-state index contributed by atoms with van der Waals surface area (Å²) >= 11 is 3.23. The zero-order chi connectivity index (χ0) is 14.5. The molecule has 0 radical (unpaired) electrons. The van der Waals surface area contributed by atoms with Crippen LogP contribution in [0.5, 0.6) is 11.5 Å². The van der Waals surface area contributed by atoms with E-state index >= 15 is 0 Å². The van der Waals surface area contributed by atoms with Crippen LogP contribution in [0.4, 0.5) is 5.69 Å². The Bertz CT molecular complexity index is 613. The number of hydrogen-bond donors (Lipinski definition) is 1. The Morgan fingerprint density at radius 3 is 2.75 bits per heavy atom. The highest BCUT2D eigenvalue weighted by Crippen LogP contribution is 2.28. The molecule has 0 bridgehead atoms. The topological polar surface area (TPSA) is 65.4 Å². The number of carbonyl (C=O) groups is 1. The first-order valence-electron chi connectivity index (χ1n) is 5.83. The molecule has 1 N–H and O–H groups in total. The lowest BCUT2D eigenvalue weighted by molar-refractivity contribution is -0.116. The number of halogens is 1. The Balaban J connectivity index is 2.07. The number of ether oxygens (including phenoxy) is 2. The smallest absolute Gasteiger partial charge is 0.246 e. The molecule has 0 atom stereocenters. The van der Waals surface area contributed by atoms with Gasteiger partial charge in [0, 0.05) is 12.3 Å². The van der Waals surface area contributed by atoms with Crippen molar-refractivity contribution in [3.8, 4) is 11.5 Å². The summed E-state index contributed by atoms with van der Waals surface area (Å²) in [4.78, 5) is 11.9. The summed E-state index contributed by atoms with van der Waals surface area (Å²) in [6.07, 6.45) is 1.72. The summed E-state index contributed by atoms with van der Waals surface area (Å²) in [5.74, 6) is 1.01. The number of anilines is 1. The van der Waals surface area contributed by atoms with Crippen molar-refractivity contribution in [1.82, 2.24) is 9.78 Å². The molecular formula is C13H14BrN3O3. The minimum absolute atomic E-state index is 0.126. The maximum absolute atomic E-state index is 11.9. The van der Waals surface area contributed by atoms with Crippen molar-refractivity contribution in [3.05, 3.63) is 35.1 Å². The number of benzene rings is 1. The van der Waals surface area contributed by atoms with Crippen molar-refractivity contribution in [2.45, 2.75) is 6.54 Å². The number of hydrogen-bond acceptors (Lipinski definition) is 4. The minimum Gasteiger partial charge on any atom is -0.497 e. The number of aromatic nitrogens is 2. The summed E-state index contributed by atoms with van der Waals surface area (Å²) in [6, 6.07) is 6.96. The van der Waals surface area contributed by atoms with Gasteiger partial charge in [0.1, 0.15) is 22.6 Å². The van der Waals surface area contributed by atoms with Gasteiger partial charge in [0.15, 0.2) is 0 Å². The summed E-state index contributed by atoms with van der Waals surface area (Å²) < 4.78 is 12.5. The highest BCUT2D eigenvalue weighted by atomic mass is 79.9. The molecule has 6 nitrogen and oxygen atoms in total. The lowest BCUT2D eigenvalue weighted by Crippen LogP contribution is -2.19. The van der Waals surface area contributed by atoms with E-state index in [0.29, 0.717) is 21.8 Å². The van der Waals surface area contributed by atoms with Crippen LogP contribution < -0.4 is 14.8 Å². The first-order chi connectivity index (χ1) is 9.62. The molecule has 1 aromatic carbocycles. The van der Waals surface area contributed by atoms with Gasteiger partial charge in [-0.2, -0.15) is 5.10 Å². The monoisotopic (exact) mass is 339 g/mol. The fraction of sp³-hybridized carbons (Fsp3) is 0.231. The lowest BCUT2D eigenvalue weighted by atomic mass is 10.2. The number of rotatable bonds is 5. The van der Waals surface area contributed by atoms with Gasteiger partial charge in [-0.25, -0.2) is 0 Å². The van der Waals surface area contributed by atoms with Crippen molar-refractivity contribution in [1.29, 1.82) is 0 Å². The third kappa shape index (κ3) is 3.51. The minimum atomic E-state index is -0.191. The third-order valence-corrected chi connectivity index (χ3v) is 3.02. The van der Waals surface area contributed by atoms with E-state index in [9.17, 15) is 4.79 Å². The molecular weight excluding hydrogens is 326 g/mol. The van der Waals surface area contributed by atoms with Crippen molar-refractivity contribution in [3.63, 3.8) is 0 Å². The van der Waals surface area contributed by atoms with Crippen LogP contribution in [-0.4, -0.2) is 29.9 Å². The molecule has 0 unspecified atom stereocenters. The van der Waals surface area contributed by atoms with E-state index in [2.05, 4.69) is 26.3 Å². The van der Waals surface area contributed by atoms with Crippen LogP contribution in [0.1, 0.15) is 0 Å². The maximum atomic E-state index is 11.9. The van der Waals surface area contributed by atoms with Gasteiger partial charge in [-0.3, -0.25) is 9.48 Å². The van der Waals surface area contributed by atoms with E-state index < -0.39 is 0 Å². The molecule has 0 saturated carbocycles. The molecule has 106 valence electrons. The van der Waals surface area contributed by atoms with E-state index in [-0.39, 0.29) is 12.5 Å². The largest absolute Gasteiger partial charge is 0.497 e. The average Bonchev–Trinajstić information content (AvgIpc) is 2.84. The van der Waals surface area contributed by atoms with E-state index in [1.807, 2.05) is 0 Å². The summed E-state index contributed by atoms with van der Waals surface area (Å²) in [5.41, 5.74) is 0.588. The molecule has 0 aliphatic heterocycles. The molecule has 7 heteroatoms. The van der Waals surface area contributed by atoms with Crippen LogP contribution in [0.3, 0.4) is 0 Å². The zero-order valence-electron chi connectivity index (χ0n) is 11.1. The number of nitrogens with zero attached hydrogens (tertiary/aromatic N) is 2. The van der Waals surface area contributed by atoms with Crippen molar-refractivity contribution in [2.75, 3.05) is 19.5 Å². The second-order valence-corrected chi connectivity index (χ2v) is 4.76. The van der Waals surface area contributed by atoms with Gasteiger partial charge in [0.25, 0.3) is 0 Å². The molecule has 0 aliphatic carbocycles. The molecule has 0 fully saturated rings. The Hall–Kier alpha value is -2.02. The second kappa shape index (κ2) is 6.42. The SMILES string of the molecule is COc1ccc(NC(=O)Cn2ccc(Br)n2)c(OC)c1. The Labute approximate surface area is 124 Å². The molecule has 0 spiro atoms. The summed E-state index contributed by atoms with van der Waals surface area (Å²) in [5, 5.41) is 6.86. The fourth-order valence-corrected chi connectivity index (χ4v) is 1.99. The van der Waals surface area contributed by atoms with Gasteiger partial charge in [-0.15, -0.1) is 0 Å². The average molecular weight is 340 g/mol. The van der Waals surface area contributed by atoms with Gasteiger partial charge in [0.2, 0.25) is 5.91 Å². The van der Waals surface area contributed by atoms with Gasteiger partial charge in [-0.05, 0) is 34.1 Å². The third-order valence-electron chi connectivity index (χ3n) is 2.60. The molecule has 0 aliphatic rings. The van der Waals surface area contributed by atoms with Crippen LogP contribution in [0.15, 0.2) is 35.1 Å². The van der Waals surface area contributed by atoms with E-state index in [0.717, 1.165) is 0 Å². The molecule has 20 heavy (non-hydrogen) atoms. The summed E-state index contributed by atoms with van der Waals surface area (Å²) in [7, 11) is 3.11. The number of methoxy groups -OCH3 is 2. The van der Waals surface area contributed by atoms with Crippen LogP contribution >= 0.6 is 15.9 Å². The Morgan fingerprint density at radius 2 is 2.15 bits per heavy atom. The van der Waals surface area contributed by atoms with Gasteiger partial charge >= 0.3 is 0 Å². The van der Waals surface area contributed by atoms with Crippen molar-refractivity contribution < 1.29 is 14.3 Å². The highest BCUT2D eigenvalue weighted by molar-refractivity contribution is 9.10. The molecule has 1 amide bonds. The van der Waals surface area contributed by atoms with Crippen LogP contribution in [0, 0.1) is 0 Å². The Kier molecular flexibility index (Phi) is 4.62. The first kappa shape index (κ1) is 14.4. The number of carbonyl (C=O) groups excluding carboxylic acids is 1. The summed E-state index contributed by atoms with van der Waals surface area (Å²) in [6.45, 7) is 0.126. The van der Waals surface area contributed by atoms with E-state index in [4.69, 9.17) is 9.47 Å². The number of amides is 1. The van der Waals surface area contributed by atoms with E-state index in [1.54, 1.807) is 37.6 Å².